The number of rotatable bonds is 5. The molecule has 1 aliphatic carbocycles. The fourth-order valence-corrected chi connectivity index (χ4v) is 4.44. The molecule has 0 radical (unpaired) electrons. The molecular formula is C22H26FN3O2S. The number of hydrogen-bond acceptors (Lipinski definition) is 4. The van der Waals surface area contributed by atoms with Gasteiger partial charge in [0, 0.05) is 31.5 Å². The SMILES string of the molecule is CC(=O)N(c1nc(/C=C/C(=O)N(C)C2CCCCCC2)cs1)c1ccccc1F. The van der Waals surface area contributed by atoms with Crippen LogP contribution in [-0.4, -0.2) is 34.8 Å². The van der Waals surface area contributed by atoms with E-state index in [2.05, 4.69) is 4.98 Å². The Balaban J connectivity index is 1.72. The number of para-hydroxylation sites is 1. The summed E-state index contributed by atoms with van der Waals surface area (Å²) in [5.41, 5.74) is 0.726. The van der Waals surface area contributed by atoms with Crippen molar-refractivity contribution in [3.8, 4) is 0 Å². The zero-order valence-corrected chi connectivity index (χ0v) is 17.6. The molecule has 1 aromatic carbocycles. The highest BCUT2D eigenvalue weighted by Gasteiger charge is 2.21. The molecule has 1 saturated carbocycles. The molecule has 5 nitrogen and oxygen atoms in total. The summed E-state index contributed by atoms with van der Waals surface area (Å²) in [7, 11) is 1.85. The number of anilines is 2. The fraction of sp³-hybridized carbons (Fsp3) is 0.409. The van der Waals surface area contributed by atoms with Gasteiger partial charge in [-0.25, -0.2) is 9.37 Å². The number of aromatic nitrogens is 1. The van der Waals surface area contributed by atoms with Crippen LogP contribution >= 0.6 is 11.3 Å². The van der Waals surface area contributed by atoms with Crippen LogP contribution in [0.15, 0.2) is 35.7 Å². The first-order valence-corrected chi connectivity index (χ1v) is 10.8. The van der Waals surface area contributed by atoms with Crippen LogP contribution in [0.1, 0.15) is 51.1 Å². The second-order valence-corrected chi connectivity index (χ2v) is 8.13. The third kappa shape index (κ3) is 5.29. The van der Waals surface area contributed by atoms with Gasteiger partial charge in [0.2, 0.25) is 11.8 Å². The van der Waals surface area contributed by atoms with Gasteiger partial charge in [-0.2, -0.15) is 0 Å². The highest BCUT2D eigenvalue weighted by atomic mass is 32.1. The van der Waals surface area contributed by atoms with Crippen molar-refractivity contribution < 1.29 is 14.0 Å². The van der Waals surface area contributed by atoms with Crippen molar-refractivity contribution in [1.29, 1.82) is 0 Å². The fourth-order valence-electron chi connectivity index (χ4n) is 3.60. The Morgan fingerprint density at radius 2 is 1.86 bits per heavy atom. The quantitative estimate of drug-likeness (QED) is 0.501. The predicted molar refractivity (Wildman–Crippen MR) is 115 cm³/mol. The van der Waals surface area contributed by atoms with E-state index in [0.717, 1.165) is 12.8 Å². The van der Waals surface area contributed by atoms with E-state index in [9.17, 15) is 14.0 Å². The Bertz CT molecular complexity index is 888. The smallest absolute Gasteiger partial charge is 0.246 e. The minimum Gasteiger partial charge on any atom is -0.339 e. The molecule has 0 aliphatic heterocycles. The van der Waals surface area contributed by atoms with Crippen LogP contribution in [0.25, 0.3) is 6.08 Å². The standard InChI is InChI=1S/C22H26FN3O2S/c1-16(27)26(20-12-8-7-11-19(20)23)22-24-17(15-29-22)13-14-21(28)25(2)18-9-5-3-4-6-10-18/h7-8,11-15,18H,3-6,9-10H2,1-2H3/b14-13+. The molecule has 29 heavy (non-hydrogen) atoms. The van der Waals surface area contributed by atoms with Gasteiger partial charge >= 0.3 is 0 Å². The summed E-state index contributed by atoms with van der Waals surface area (Å²) in [5.74, 6) is -0.872. The molecule has 1 heterocycles. The Hall–Kier alpha value is -2.54. The molecule has 1 fully saturated rings. The van der Waals surface area contributed by atoms with Crippen molar-refractivity contribution in [2.45, 2.75) is 51.5 Å². The third-order valence-electron chi connectivity index (χ3n) is 5.23. The minimum absolute atomic E-state index is 0.0519. The highest BCUT2D eigenvalue weighted by Crippen LogP contribution is 2.31. The Morgan fingerprint density at radius 1 is 1.17 bits per heavy atom. The Morgan fingerprint density at radius 3 is 2.52 bits per heavy atom. The van der Waals surface area contributed by atoms with E-state index in [1.807, 2.05) is 11.9 Å². The summed E-state index contributed by atoms with van der Waals surface area (Å²) in [5, 5.41) is 2.12. The molecule has 154 valence electrons. The highest BCUT2D eigenvalue weighted by molar-refractivity contribution is 7.14. The number of amides is 2. The number of likely N-dealkylation sites (N-methyl/N-ethyl adjacent to an activating group) is 1. The van der Waals surface area contributed by atoms with E-state index in [-0.39, 0.29) is 23.5 Å². The van der Waals surface area contributed by atoms with Crippen molar-refractivity contribution in [2.24, 2.45) is 0 Å². The van der Waals surface area contributed by atoms with Crippen molar-refractivity contribution >= 4 is 40.0 Å². The van der Waals surface area contributed by atoms with Crippen LogP contribution < -0.4 is 4.90 Å². The molecule has 0 saturated heterocycles. The molecule has 0 unspecified atom stereocenters. The van der Waals surface area contributed by atoms with Crippen LogP contribution in [0.4, 0.5) is 15.2 Å². The Kier molecular flexibility index (Phi) is 7.14. The maximum atomic E-state index is 14.2. The van der Waals surface area contributed by atoms with E-state index in [1.165, 1.54) is 61.0 Å². The first kappa shape index (κ1) is 21.2. The van der Waals surface area contributed by atoms with Crippen molar-refractivity contribution in [3.05, 3.63) is 47.2 Å². The topological polar surface area (TPSA) is 53.5 Å². The lowest BCUT2D eigenvalue weighted by molar-refractivity contribution is -0.127. The second kappa shape index (κ2) is 9.78. The summed E-state index contributed by atoms with van der Waals surface area (Å²) in [4.78, 5) is 32.1. The number of benzene rings is 1. The largest absolute Gasteiger partial charge is 0.339 e. The summed E-state index contributed by atoms with van der Waals surface area (Å²) in [6.07, 6.45) is 10.1. The van der Waals surface area contributed by atoms with E-state index >= 15 is 0 Å². The molecular weight excluding hydrogens is 389 g/mol. The summed E-state index contributed by atoms with van der Waals surface area (Å²) >= 11 is 1.23. The van der Waals surface area contributed by atoms with Gasteiger partial charge in [0.05, 0.1) is 11.4 Å². The van der Waals surface area contributed by atoms with Crippen molar-refractivity contribution in [3.63, 3.8) is 0 Å². The lowest BCUT2D eigenvalue weighted by Crippen LogP contribution is -2.35. The summed E-state index contributed by atoms with van der Waals surface area (Å²) in [6.45, 7) is 1.37. The Labute approximate surface area is 174 Å². The summed E-state index contributed by atoms with van der Waals surface area (Å²) in [6, 6.07) is 6.38. The maximum Gasteiger partial charge on any atom is 0.246 e. The van der Waals surface area contributed by atoms with Crippen LogP contribution in [0, 0.1) is 5.82 Å². The minimum atomic E-state index is -0.491. The zero-order valence-electron chi connectivity index (χ0n) is 16.8. The molecule has 0 spiro atoms. The van der Waals surface area contributed by atoms with Gasteiger partial charge in [0.25, 0.3) is 0 Å². The van der Waals surface area contributed by atoms with Crippen LogP contribution in [0.2, 0.25) is 0 Å². The first-order chi connectivity index (χ1) is 14.0. The molecule has 3 rings (SSSR count). The molecule has 1 aliphatic rings. The van der Waals surface area contributed by atoms with Crippen molar-refractivity contribution in [1.82, 2.24) is 9.88 Å². The summed E-state index contributed by atoms with van der Waals surface area (Å²) < 4.78 is 14.2. The number of nitrogens with zero attached hydrogens (tertiary/aromatic N) is 3. The van der Waals surface area contributed by atoms with Crippen LogP contribution in [0.3, 0.4) is 0 Å². The normalized spacial score (nSPS) is 15.3. The molecule has 0 N–H and O–H groups in total. The van der Waals surface area contributed by atoms with Gasteiger partial charge in [0.1, 0.15) is 5.82 Å². The van der Waals surface area contributed by atoms with Gasteiger partial charge in [-0.1, -0.05) is 37.8 Å². The lowest BCUT2D eigenvalue weighted by atomic mass is 10.1. The van der Waals surface area contributed by atoms with E-state index in [1.54, 1.807) is 29.7 Å². The van der Waals surface area contributed by atoms with Gasteiger partial charge in [-0.05, 0) is 31.1 Å². The van der Waals surface area contributed by atoms with Gasteiger partial charge in [-0.15, -0.1) is 11.3 Å². The van der Waals surface area contributed by atoms with Crippen LogP contribution in [-0.2, 0) is 9.59 Å². The number of halogens is 1. The molecule has 1 aromatic heterocycles. The monoisotopic (exact) mass is 415 g/mol. The van der Waals surface area contributed by atoms with E-state index < -0.39 is 5.82 Å². The number of carbonyl (C=O) groups excluding carboxylic acids is 2. The predicted octanol–water partition coefficient (Wildman–Crippen LogP) is 5.16. The lowest BCUT2D eigenvalue weighted by Gasteiger charge is -2.26. The molecule has 2 aromatic rings. The number of hydrogen-bond donors (Lipinski definition) is 0. The van der Waals surface area contributed by atoms with E-state index in [4.69, 9.17) is 0 Å². The second-order valence-electron chi connectivity index (χ2n) is 7.29. The van der Waals surface area contributed by atoms with Crippen molar-refractivity contribution in [2.75, 3.05) is 11.9 Å². The molecule has 7 heteroatoms. The maximum absolute atomic E-state index is 14.2. The van der Waals surface area contributed by atoms with Gasteiger partial charge in [-0.3, -0.25) is 14.5 Å². The molecule has 0 bridgehead atoms. The molecule has 2 amide bonds. The third-order valence-corrected chi connectivity index (χ3v) is 6.07. The van der Waals surface area contributed by atoms with E-state index in [0.29, 0.717) is 10.8 Å². The number of thiazole rings is 1. The van der Waals surface area contributed by atoms with Crippen LogP contribution in [0.5, 0.6) is 0 Å². The first-order valence-electron chi connectivity index (χ1n) is 9.93. The average molecular weight is 416 g/mol. The van der Waals surface area contributed by atoms with Gasteiger partial charge in [0.15, 0.2) is 5.13 Å². The molecule has 0 atom stereocenters. The van der Waals surface area contributed by atoms with Gasteiger partial charge < -0.3 is 4.90 Å². The average Bonchev–Trinajstić information content (AvgIpc) is 2.99. The zero-order chi connectivity index (χ0) is 20.8. The number of carbonyl (C=O) groups is 2.